The molecule has 1 aromatic carbocycles. The van der Waals surface area contributed by atoms with Crippen LogP contribution in [0.25, 0.3) is 0 Å². The van der Waals surface area contributed by atoms with Crippen LogP contribution in [0.15, 0.2) is 51.9 Å². The van der Waals surface area contributed by atoms with Crippen LogP contribution in [-0.2, 0) is 13.0 Å². The Morgan fingerprint density at radius 1 is 1.31 bits per heavy atom. The molecule has 1 atom stereocenters. The van der Waals surface area contributed by atoms with Crippen LogP contribution < -0.4 is 11.1 Å². The summed E-state index contributed by atoms with van der Waals surface area (Å²) in [5.74, 6) is 1.76. The standard InChI is InChI=1S/C20H26N4O2/c1-2-22-20(23-13-17-8-9-18(26-17)19(21)25)24-11-10-16(14-24)12-15-6-4-3-5-7-15/h3-9,16H,2,10-14H2,1H3,(H2,21,25)(H,22,23). The van der Waals surface area contributed by atoms with E-state index < -0.39 is 5.91 Å². The summed E-state index contributed by atoms with van der Waals surface area (Å²) >= 11 is 0. The van der Waals surface area contributed by atoms with Crippen LogP contribution in [0.1, 0.15) is 35.2 Å². The van der Waals surface area contributed by atoms with Gasteiger partial charge in [-0.15, -0.1) is 0 Å². The van der Waals surface area contributed by atoms with E-state index in [1.54, 1.807) is 12.1 Å². The number of hydrogen-bond acceptors (Lipinski definition) is 3. The molecule has 1 amide bonds. The van der Waals surface area contributed by atoms with Crippen LogP contribution in [0.2, 0.25) is 0 Å². The van der Waals surface area contributed by atoms with Gasteiger partial charge in [0.1, 0.15) is 12.3 Å². The van der Waals surface area contributed by atoms with Crippen LogP contribution in [0, 0.1) is 5.92 Å². The largest absolute Gasteiger partial charge is 0.454 e. The zero-order valence-corrected chi connectivity index (χ0v) is 15.1. The van der Waals surface area contributed by atoms with Crippen molar-refractivity contribution in [3.05, 3.63) is 59.5 Å². The maximum absolute atomic E-state index is 11.1. The summed E-state index contributed by atoms with van der Waals surface area (Å²) in [5.41, 5.74) is 6.60. The number of primary amides is 1. The number of amides is 1. The number of carbonyl (C=O) groups is 1. The number of rotatable bonds is 6. The Kier molecular flexibility index (Phi) is 5.94. The van der Waals surface area contributed by atoms with Crippen molar-refractivity contribution in [2.45, 2.75) is 26.3 Å². The number of carbonyl (C=O) groups excluding carboxylic acids is 1. The summed E-state index contributed by atoms with van der Waals surface area (Å²) in [6.45, 7) is 5.24. The second-order valence-corrected chi connectivity index (χ2v) is 6.59. The molecular weight excluding hydrogens is 328 g/mol. The Morgan fingerprint density at radius 3 is 2.81 bits per heavy atom. The number of nitrogens with one attached hydrogen (secondary N) is 1. The summed E-state index contributed by atoms with van der Waals surface area (Å²) in [4.78, 5) is 18.1. The molecule has 6 nitrogen and oxygen atoms in total. The second-order valence-electron chi connectivity index (χ2n) is 6.59. The van der Waals surface area contributed by atoms with Crippen LogP contribution in [0.3, 0.4) is 0 Å². The van der Waals surface area contributed by atoms with Gasteiger partial charge in [0.15, 0.2) is 11.7 Å². The lowest BCUT2D eigenvalue weighted by atomic mass is 9.99. The summed E-state index contributed by atoms with van der Waals surface area (Å²) < 4.78 is 5.41. The van der Waals surface area contributed by atoms with Gasteiger partial charge in [0.2, 0.25) is 0 Å². The van der Waals surface area contributed by atoms with Gasteiger partial charge in [-0.1, -0.05) is 30.3 Å². The average molecular weight is 354 g/mol. The Balaban J connectivity index is 1.61. The topological polar surface area (TPSA) is 83.9 Å². The normalized spacial score (nSPS) is 17.5. The van der Waals surface area contributed by atoms with Gasteiger partial charge < -0.3 is 20.4 Å². The molecule has 26 heavy (non-hydrogen) atoms. The molecule has 1 fully saturated rings. The lowest BCUT2D eigenvalue weighted by molar-refractivity contribution is 0.0972. The molecule has 0 spiro atoms. The van der Waals surface area contributed by atoms with Gasteiger partial charge >= 0.3 is 0 Å². The molecule has 1 aliphatic rings. The molecule has 138 valence electrons. The predicted molar refractivity (Wildman–Crippen MR) is 102 cm³/mol. The fourth-order valence-corrected chi connectivity index (χ4v) is 3.31. The molecule has 1 aromatic heterocycles. The second kappa shape index (κ2) is 8.56. The van der Waals surface area contributed by atoms with E-state index in [4.69, 9.17) is 10.2 Å². The van der Waals surface area contributed by atoms with Crippen LogP contribution >= 0.6 is 0 Å². The molecule has 0 bridgehead atoms. The van der Waals surface area contributed by atoms with Gasteiger partial charge in [-0.3, -0.25) is 4.79 Å². The molecule has 6 heteroatoms. The number of nitrogens with zero attached hydrogens (tertiary/aromatic N) is 2. The van der Waals surface area contributed by atoms with E-state index in [0.717, 1.165) is 38.4 Å². The van der Waals surface area contributed by atoms with Gasteiger partial charge in [0.25, 0.3) is 5.91 Å². The number of furan rings is 1. The number of likely N-dealkylation sites (tertiary alicyclic amines) is 1. The molecule has 3 N–H and O–H groups in total. The van der Waals surface area contributed by atoms with Gasteiger partial charge in [-0.05, 0) is 43.4 Å². The fourth-order valence-electron chi connectivity index (χ4n) is 3.31. The van der Waals surface area contributed by atoms with E-state index >= 15 is 0 Å². The molecule has 1 saturated heterocycles. The summed E-state index contributed by atoms with van der Waals surface area (Å²) in [6, 6.07) is 14.0. The van der Waals surface area contributed by atoms with E-state index in [1.807, 2.05) is 0 Å². The number of benzene rings is 1. The summed E-state index contributed by atoms with van der Waals surface area (Å²) in [5, 5.41) is 3.35. The highest BCUT2D eigenvalue weighted by Crippen LogP contribution is 2.21. The monoisotopic (exact) mass is 354 g/mol. The first-order valence-electron chi connectivity index (χ1n) is 9.11. The molecule has 2 aromatic rings. The highest BCUT2D eigenvalue weighted by atomic mass is 16.3. The number of guanidine groups is 1. The molecule has 3 rings (SSSR count). The highest BCUT2D eigenvalue weighted by molar-refractivity contribution is 5.89. The Bertz CT molecular complexity index is 754. The quantitative estimate of drug-likeness (QED) is 0.616. The molecular formula is C20H26N4O2. The number of nitrogens with two attached hydrogens (primary N) is 1. The maximum atomic E-state index is 11.1. The minimum absolute atomic E-state index is 0.171. The molecule has 1 unspecified atom stereocenters. The van der Waals surface area contributed by atoms with Gasteiger partial charge in [0.05, 0.1) is 0 Å². The molecule has 0 aliphatic carbocycles. The predicted octanol–water partition coefficient (Wildman–Crippen LogP) is 2.41. The van der Waals surface area contributed by atoms with Crippen molar-refractivity contribution in [1.29, 1.82) is 0 Å². The van der Waals surface area contributed by atoms with E-state index in [0.29, 0.717) is 18.2 Å². The highest BCUT2D eigenvalue weighted by Gasteiger charge is 2.25. The zero-order chi connectivity index (χ0) is 18.4. The van der Waals surface area contributed by atoms with Crippen molar-refractivity contribution < 1.29 is 9.21 Å². The van der Waals surface area contributed by atoms with Crippen LogP contribution in [0.4, 0.5) is 0 Å². The first-order chi connectivity index (χ1) is 12.7. The Hall–Kier alpha value is -2.76. The first kappa shape index (κ1) is 18.0. The third-order valence-electron chi connectivity index (χ3n) is 4.58. The zero-order valence-electron chi connectivity index (χ0n) is 15.1. The number of hydrogen-bond donors (Lipinski definition) is 2. The van der Waals surface area contributed by atoms with Crippen LogP contribution in [-0.4, -0.2) is 36.4 Å². The molecule has 0 saturated carbocycles. The van der Waals surface area contributed by atoms with E-state index in [1.165, 1.54) is 5.56 Å². The average Bonchev–Trinajstić information content (AvgIpc) is 3.29. The van der Waals surface area contributed by atoms with E-state index in [9.17, 15) is 4.79 Å². The van der Waals surface area contributed by atoms with Crippen molar-refractivity contribution >= 4 is 11.9 Å². The van der Waals surface area contributed by atoms with Crippen molar-refractivity contribution in [3.63, 3.8) is 0 Å². The minimum Gasteiger partial charge on any atom is -0.454 e. The van der Waals surface area contributed by atoms with Gasteiger partial charge in [-0.2, -0.15) is 0 Å². The molecule has 2 heterocycles. The van der Waals surface area contributed by atoms with Gasteiger partial charge in [0, 0.05) is 19.6 Å². The van der Waals surface area contributed by atoms with Crippen molar-refractivity contribution in [2.75, 3.05) is 19.6 Å². The number of aliphatic imine (C=N–C) groups is 1. The van der Waals surface area contributed by atoms with Crippen molar-refractivity contribution in [2.24, 2.45) is 16.6 Å². The molecule has 0 radical (unpaired) electrons. The van der Waals surface area contributed by atoms with E-state index in [-0.39, 0.29) is 5.76 Å². The molecule has 1 aliphatic heterocycles. The van der Waals surface area contributed by atoms with Crippen LogP contribution in [0.5, 0.6) is 0 Å². The van der Waals surface area contributed by atoms with Gasteiger partial charge in [-0.25, -0.2) is 4.99 Å². The lowest BCUT2D eigenvalue weighted by Gasteiger charge is -2.21. The Morgan fingerprint density at radius 2 is 2.12 bits per heavy atom. The third kappa shape index (κ3) is 4.65. The lowest BCUT2D eigenvalue weighted by Crippen LogP contribution is -2.40. The van der Waals surface area contributed by atoms with E-state index in [2.05, 4.69) is 52.5 Å². The van der Waals surface area contributed by atoms with Crippen molar-refractivity contribution in [1.82, 2.24) is 10.2 Å². The fraction of sp³-hybridized carbons (Fsp3) is 0.400. The summed E-state index contributed by atoms with van der Waals surface area (Å²) in [7, 11) is 0. The smallest absolute Gasteiger partial charge is 0.284 e. The summed E-state index contributed by atoms with van der Waals surface area (Å²) in [6.07, 6.45) is 2.25. The Labute approximate surface area is 154 Å². The third-order valence-corrected chi connectivity index (χ3v) is 4.58. The SMILES string of the molecule is CCNC(=NCc1ccc(C(N)=O)o1)N1CCC(Cc2ccccc2)C1. The maximum Gasteiger partial charge on any atom is 0.284 e. The van der Waals surface area contributed by atoms with Crippen molar-refractivity contribution in [3.8, 4) is 0 Å². The first-order valence-corrected chi connectivity index (χ1v) is 9.11. The minimum atomic E-state index is -0.560.